The first-order valence-electron chi connectivity index (χ1n) is 9.79. The maximum absolute atomic E-state index is 12.6. The van der Waals surface area contributed by atoms with Gasteiger partial charge in [0.05, 0.1) is 0 Å². The molecule has 0 spiro atoms. The van der Waals surface area contributed by atoms with E-state index in [-0.39, 0.29) is 23.7 Å². The van der Waals surface area contributed by atoms with E-state index in [4.69, 9.17) is 0 Å². The number of benzene rings is 3. The Morgan fingerprint density at radius 3 is 2.07 bits per heavy atom. The van der Waals surface area contributed by atoms with Crippen LogP contribution in [0.15, 0.2) is 84.9 Å². The number of rotatable bonds is 9. The highest BCUT2D eigenvalue weighted by atomic mass is 19.3. The summed E-state index contributed by atoms with van der Waals surface area (Å²) in [4.78, 5) is 12.6. The summed E-state index contributed by atoms with van der Waals surface area (Å²) in [5.74, 6) is 0.0339. The quantitative estimate of drug-likeness (QED) is 0.565. The van der Waals surface area contributed by atoms with Gasteiger partial charge in [0, 0.05) is 17.7 Å². The van der Waals surface area contributed by atoms with E-state index < -0.39 is 6.61 Å². The molecule has 0 heterocycles. The number of hydrogen-bond acceptors (Lipinski definition) is 2. The molecule has 0 aliphatic heterocycles. The Morgan fingerprint density at radius 2 is 1.47 bits per heavy atom. The van der Waals surface area contributed by atoms with E-state index in [1.54, 1.807) is 12.1 Å². The van der Waals surface area contributed by atoms with Crippen LogP contribution < -0.4 is 15.4 Å². The van der Waals surface area contributed by atoms with Crippen molar-refractivity contribution in [3.8, 4) is 5.75 Å². The zero-order chi connectivity index (χ0) is 21.3. The number of carbonyl (C=O) groups is 1. The monoisotopic (exact) mass is 411 g/mol. The largest absolute Gasteiger partial charge is 0.435 e. The molecular formula is C24H25F2N2O2+. The molecule has 0 aromatic heterocycles. The van der Waals surface area contributed by atoms with Crippen LogP contribution in [0.3, 0.4) is 0 Å². The normalized spacial score (nSPS) is 12.9. The minimum Gasteiger partial charge on any atom is -0.435 e. The van der Waals surface area contributed by atoms with Crippen LogP contribution in [0, 0.1) is 0 Å². The Morgan fingerprint density at radius 1 is 0.900 bits per heavy atom. The number of quaternary nitrogens is 1. The SMILES string of the molecule is C[C@@H]([NH2+][C@@H](c1ccccc1)c1ccc(OC(F)F)cc1)C(=O)NCc1ccccc1. The maximum Gasteiger partial charge on any atom is 0.387 e. The third kappa shape index (κ3) is 6.12. The molecule has 3 aromatic carbocycles. The van der Waals surface area contributed by atoms with Crippen molar-refractivity contribution < 1.29 is 23.6 Å². The smallest absolute Gasteiger partial charge is 0.387 e. The number of ether oxygens (including phenoxy) is 1. The fraction of sp³-hybridized carbons (Fsp3) is 0.208. The molecule has 0 fully saturated rings. The highest BCUT2D eigenvalue weighted by Gasteiger charge is 2.24. The van der Waals surface area contributed by atoms with Gasteiger partial charge in [-0.15, -0.1) is 0 Å². The molecule has 3 N–H and O–H groups in total. The van der Waals surface area contributed by atoms with Gasteiger partial charge in [-0.25, -0.2) is 0 Å². The van der Waals surface area contributed by atoms with Crippen LogP contribution in [0.25, 0.3) is 0 Å². The number of nitrogens with two attached hydrogens (primary N) is 1. The fourth-order valence-electron chi connectivity index (χ4n) is 3.25. The minimum atomic E-state index is -2.86. The molecule has 3 aromatic rings. The van der Waals surface area contributed by atoms with Gasteiger partial charge in [0.1, 0.15) is 11.8 Å². The standard InChI is InChI=1S/C24H24F2N2O2/c1-17(23(29)27-16-18-8-4-2-5-9-18)28-22(19-10-6-3-7-11-19)20-12-14-21(15-13-20)30-24(25)26/h2-15,17,22,24,28H,16H2,1H3,(H,27,29)/p+1/t17-,22+/m1/s1. The second-order valence-electron chi connectivity index (χ2n) is 7.02. The van der Waals surface area contributed by atoms with Crippen LogP contribution in [0.2, 0.25) is 0 Å². The fourth-order valence-corrected chi connectivity index (χ4v) is 3.25. The number of amides is 1. The molecule has 1 amide bonds. The average molecular weight is 411 g/mol. The molecule has 4 nitrogen and oxygen atoms in total. The highest BCUT2D eigenvalue weighted by molar-refractivity contribution is 5.79. The van der Waals surface area contributed by atoms with E-state index in [9.17, 15) is 13.6 Å². The molecule has 0 saturated carbocycles. The first kappa shape index (κ1) is 21.5. The third-order valence-corrected chi connectivity index (χ3v) is 4.83. The molecule has 2 atom stereocenters. The van der Waals surface area contributed by atoms with E-state index in [1.165, 1.54) is 12.1 Å². The van der Waals surface area contributed by atoms with Gasteiger partial charge in [0.2, 0.25) is 0 Å². The summed E-state index contributed by atoms with van der Waals surface area (Å²) >= 11 is 0. The average Bonchev–Trinajstić information content (AvgIpc) is 2.77. The summed E-state index contributed by atoms with van der Waals surface area (Å²) < 4.78 is 29.3. The van der Waals surface area contributed by atoms with Crippen molar-refractivity contribution in [3.63, 3.8) is 0 Å². The summed E-state index contributed by atoms with van der Waals surface area (Å²) in [5, 5.41) is 4.94. The van der Waals surface area contributed by atoms with Crippen LogP contribution in [0.5, 0.6) is 5.75 Å². The lowest BCUT2D eigenvalue weighted by atomic mass is 9.97. The van der Waals surface area contributed by atoms with Crippen molar-refractivity contribution in [1.82, 2.24) is 5.32 Å². The summed E-state index contributed by atoms with van der Waals surface area (Å²) in [5.41, 5.74) is 2.94. The minimum absolute atomic E-state index is 0.0718. The topological polar surface area (TPSA) is 54.9 Å². The van der Waals surface area contributed by atoms with Gasteiger partial charge in [0.25, 0.3) is 5.91 Å². The Labute approximate surface area is 174 Å². The van der Waals surface area contributed by atoms with Gasteiger partial charge in [-0.2, -0.15) is 8.78 Å². The summed E-state index contributed by atoms with van der Waals surface area (Å²) in [6, 6.07) is 25.5. The van der Waals surface area contributed by atoms with Crippen molar-refractivity contribution in [2.75, 3.05) is 0 Å². The predicted octanol–water partition coefficient (Wildman–Crippen LogP) is 3.65. The van der Waals surface area contributed by atoms with Crippen molar-refractivity contribution in [2.45, 2.75) is 32.2 Å². The second kappa shape index (κ2) is 10.5. The van der Waals surface area contributed by atoms with Gasteiger partial charge in [-0.1, -0.05) is 60.7 Å². The molecule has 0 saturated heterocycles. The molecule has 30 heavy (non-hydrogen) atoms. The molecule has 0 unspecified atom stereocenters. The number of halogens is 2. The number of carbonyl (C=O) groups excluding carboxylic acids is 1. The first-order chi connectivity index (χ1) is 14.5. The van der Waals surface area contributed by atoms with Crippen molar-refractivity contribution in [2.24, 2.45) is 0 Å². The lowest BCUT2D eigenvalue weighted by Gasteiger charge is -2.21. The van der Waals surface area contributed by atoms with Crippen molar-refractivity contribution in [3.05, 3.63) is 102 Å². The molecule has 3 rings (SSSR count). The summed E-state index contributed by atoms with van der Waals surface area (Å²) in [6.07, 6.45) is 0. The Kier molecular flexibility index (Phi) is 7.51. The molecule has 0 aliphatic carbocycles. The van der Waals surface area contributed by atoms with Crippen LogP contribution in [0.1, 0.15) is 29.7 Å². The van der Waals surface area contributed by atoms with Crippen LogP contribution in [0.4, 0.5) is 8.78 Å². The third-order valence-electron chi connectivity index (χ3n) is 4.83. The van der Waals surface area contributed by atoms with E-state index in [1.807, 2.05) is 72.9 Å². The van der Waals surface area contributed by atoms with Crippen LogP contribution in [-0.4, -0.2) is 18.6 Å². The Bertz CT molecular complexity index is 919. The van der Waals surface area contributed by atoms with Crippen LogP contribution in [-0.2, 0) is 11.3 Å². The lowest BCUT2D eigenvalue weighted by molar-refractivity contribution is -0.704. The summed E-state index contributed by atoms with van der Waals surface area (Å²) in [6.45, 7) is -0.543. The zero-order valence-corrected chi connectivity index (χ0v) is 16.7. The van der Waals surface area contributed by atoms with Crippen molar-refractivity contribution in [1.29, 1.82) is 0 Å². The van der Waals surface area contributed by atoms with E-state index in [0.717, 1.165) is 16.7 Å². The molecular weight excluding hydrogens is 386 g/mol. The highest BCUT2D eigenvalue weighted by Crippen LogP contribution is 2.22. The van der Waals surface area contributed by atoms with E-state index in [0.29, 0.717) is 6.54 Å². The molecule has 0 bridgehead atoms. The van der Waals surface area contributed by atoms with Gasteiger partial charge in [0.15, 0.2) is 6.04 Å². The van der Waals surface area contributed by atoms with Crippen molar-refractivity contribution >= 4 is 5.91 Å². The lowest BCUT2D eigenvalue weighted by Crippen LogP contribution is -2.92. The van der Waals surface area contributed by atoms with E-state index >= 15 is 0 Å². The van der Waals surface area contributed by atoms with E-state index in [2.05, 4.69) is 10.1 Å². The first-order valence-corrected chi connectivity index (χ1v) is 9.79. The number of hydrogen-bond donors (Lipinski definition) is 2. The maximum atomic E-state index is 12.6. The number of nitrogens with one attached hydrogen (secondary N) is 1. The van der Waals surface area contributed by atoms with Gasteiger partial charge < -0.3 is 15.4 Å². The predicted molar refractivity (Wildman–Crippen MR) is 111 cm³/mol. The van der Waals surface area contributed by atoms with Gasteiger partial charge in [-0.3, -0.25) is 4.79 Å². The Balaban J connectivity index is 1.72. The second-order valence-corrected chi connectivity index (χ2v) is 7.02. The van der Waals surface area contributed by atoms with Gasteiger partial charge in [-0.05, 0) is 36.8 Å². The molecule has 0 radical (unpaired) electrons. The molecule has 6 heteroatoms. The van der Waals surface area contributed by atoms with Crippen LogP contribution >= 0.6 is 0 Å². The van der Waals surface area contributed by atoms with Gasteiger partial charge >= 0.3 is 6.61 Å². The zero-order valence-electron chi connectivity index (χ0n) is 16.7. The Hall–Kier alpha value is -3.25. The number of alkyl halides is 2. The molecule has 0 aliphatic rings. The summed E-state index contributed by atoms with van der Waals surface area (Å²) in [7, 11) is 0. The molecule has 156 valence electrons.